The molecule has 25 heavy (non-hydrogen) atoms. The second kappa shape index (κ2) is 6.65. The van der Waals surface area contributed by atoms with Crippen LogP contribution in [0.4, 0.5) is 13.2 Å². The quantitative estimate of drug-likeness (QED) is 0.883. The van der Waals surface area contributed by atoms with Gasteiger partial charge < -0.3 is 14.6 Å². The summed E-state index contributed by atoms with van der Waals surface area (Å²) in [6, 6.07) is 0.126. The van der Waals surface area contributed by atoms with Crippen LogP contribution in [0, 0.1) is 5.92 Å². The van der Waals surface area contributed by atoms with E-state index in [-0.39, 0.29) is 43.3 Å². The highest BCUT2D eigenvalue weighted by atomic mass is 19.4. The molecule has 0 radical (unpaired) electrons. The fourth-order valence-electron chi connectivity index (χ4n) is 2.58. The summed E-state index contributed by atoms with van der Waals surface area (Å²) in [5.41, 5.74) is 0.201. The molecule has 0 bridgehead atoms. The molecule has 0 saturated carbocycles. The normalized spacial score (nSPS) is 17.0. The molecular formula is C14H15F3N6O2. The SMILES string of the molecule is COc1ncc(C(=O)NCc2nnc3n2C[C@@H](C(F)(F)F)CC3)cn1. The summed E-state index contributed by atoms with van der Waals surface area (Å²) >= 11 is 0. The first kappa shape index (κ1) is 17.1. The molecule has 1 amide bonds. The third kappa shape index (κ3) is 3.69. The monoisotopic (exact) mass is 356 g/mol. The summed E-state index contributed by atoms with van der Waals surface area (Å²) in [5.74, 6) is -1.12. The topological polar surface area (TPSA) is 94.8 Å². The van der Waals surface area contributed by atoms with E-state index in [2.05, 4.69) is 25.5 Å². The van der Waals surface area contributed by atoms with E-state index >= 15 is 0 Å². The van der Waals surface area contributed by atoms with Crippen molar-refractivity contribution in [3.05, 3.63) is 29.6 Å². The maximum absolute atomic E-state index is 12.9. The first-order chi connectivity index (χ1) is 11.9. The van der Waals surface area contributed by atoms with Crippen LogP contribution in [-0.2, 0) is 19.5 Å². The van der Waals surface area contributed by atoms with E-state index < -0.39 is 18.0 Å². The minimum Gasteiger partial charge on any atom is -0.467 e. The van der Waals surface area contributed by atoms with Gasteiger partial charge in [-0.2, -0.15) is 13.2 Å². The molecule has 0 aliphatic carbocycles. The largest absolute Gasteiger partial charge is 0.467 e. The number of carbonyl (C=O) groups excluding carboxylic acids is 1. The lowest BCUT2D eigenvalue weighted by Crippen LogP contribution is -2.34. The number of aromatic nitrogens is 5. The van der Waals surface area contributed by atoms with E-state index in [1.54, 1.807) is 0 Å². The average Bonchev–Trinajstić information content (AvgIpc) is 3.01. The molecule has 11 heteroatoms. The van der Waals surface area contributed by atoms with Gasteiger partial charge in [0, 0.05) is 25.4 Å². The Balaban J connectivity index is 1.66. The number of hydrogen-bond donors (Lipinski definition) is 1. The number of fused-ring (bicyclic) bond motifs is 1. The Kier molecular flexibility index (Phi) is 4.55. The van der Waals surface area contributed by atoms with E-state index in [0.717, 1.165) is 0 Å². The predicted molar refractivity (Wildman–Crippen MR) is 77.6 cm³/mol. The molecule has 3 heterocycles. The summed E-state index contributed by atoms with van der Waals surface area (Å²) in [5, 5.41) is 10.4. The number of hydrogen-bond acceptors (Lipinski definition) is 6. The maximum atomic E-state index is 12.9. The molecule has 134 valence electrons. The Morgan fingerprint density at radius 1 is 1.36 bits per heavy atom. The molecule has 2 aromatic rings. The maximum Gasteiger partial charge on any atom is 0.393 e. The Labute approximate surface area is 140 Å². The van der Waals surface area contributed by atoms with Crippen LogP contribution < -0.4 is 10.1 Å². The third-order valence-electron chi connectivity index (χ3n) is 3.97. The van der Waals surface area contributed by atoms with E-state index in [0.29, 0.717) is 5.82 Å². The molecule has 3 rings (SSSR count). The molecule has 1 atom stereocenters. The lowest BCUT2D eigenvalue weighted by atomic mass is 9.99. The van der Waals surface area contributed by atoms with Gasteiger partial charge in [-0.15, -0.1) is 10.2 Å². The van der Waals surface area contributed by atoms with Gasteiger partial charge in [0.1, 0.15) is 5.82 Å². The van der Waals surface area contributed by atoms with Crippen molar-refractivity contribution in [2.24, 2.45) is 5.92 Å². The second-order valence-electron chi connectivity index (χ2n) is 5.56. The van der Waals surface area contributed by atoms with Crippen molar-refractivity contribution >= 4 is 5.91 Å². The molecule has 0 saturated heterocycles. The van der Waals surface area contributed by atoms with E-state index in [9.17, 15) is 18.0 Å². The van der Waals surface area contributed by atoms with Crippen LogP contribution in [0.15, 0.2) is 12.4 Å². The Morgan fingerprint density at radius 3 is 2.72 bits per heavy atom. The van der Waals surface area contributed by atoms with Crippen molar-refractivity contribution in [1.82, 2.24) is 30.0 Å². The van der Waals surface area contributed by atoms with Crippen LogP contribution in [0.25, 0.3) is 0 Å². The van der Waals surface area contributed by atoms with Crippen molar-refractivity contribution in [2.45, 2.75) is 32.1 Å². The molecule has 0 unspecified atom stereocenters. The third-order valence-corrected chi connectivity index (χ3v) is 3.97. The predicted octanol–water partition coefficient (Wildman–Crippen LogP) is 1.13. The zero-order valence-corrected chi connectivity index (χ0v) is 13.2. The number of amides is 1. The van der Waals surface area contributed by atoms with Crippen LogP contribution >= 0.6 is 0 Å². The van der Waals surface area contributed by atoms with Crippen molar-refractivity contribution in [2.75, 3.05) is 7.11 Å². The van der Waals surface area contributed by atoms with Crippen molar-refractivity contribution in [1.29, 1.82) is 0 Å². The van der Waals surface area contributed by atoms with Gasteiger partial charge in [0.2, 0.25) is 0 Å². The molecule has 1 aliphatic rings. The Hall–Kier alpha value is -2.72. The first-order valence-corrected chi connectivity index (χ1v) is 7.50. The van der Waals surface area contributed by atoms with Gasteiger partial charge in [-0.3, -0.25) is 4.79 Å². The fourth-order valence-corrected chi connectivity index (χ4v) is 2.58. The average molecular weight is 356 g/mol. The number of nitrogens with one attached hydrogen (secondary N) is 1. The summed E-state index contributed by atoms with van der Waals surface area (Å²) < 4.78 is 45.0. The van der Waals surface area contributed by atoms with Gasteiger partial charge in [0.05, 0.1) is 25.1 Å². The molecule has 2 aromatic heterocycles. The van der Waals surface area contributed by atoms with Crippen LogP contribution in [0.3, 0.4) is 0 Å². The lowest BCUT2D eigenvalue weighted by molar-refractivity contribution is -0.182. The molecule has 0 spiro atoms. The number of ether oxygens (including phenoxy) is 1. The lowest BCUT2D eigenvalue weighted by Gasteiger charge is -2.26. The molecule has 1 aliphatic heterocycles. The van der Waals surface area contributed by atoms with E-state index in [1.807, 2.05) is 0 Å². The van der Waals surface area contributed by atoms with Gasteiger partial charge in [-0.25, -0.2) is 9.97 Å². The van der Waals surface area contributed by atoms with E-state index in [1.165, 1.54) is 24.1 Å². The number of alkyl halides is 3. The highest BCUT2D eigenvalue weighted by molar-refractivity contribution is 5.93. The number of methoxy groups -OCH3 is 1. The minimum absolute atomic E-state index is 0.00280. The second-order valence-corrected chi connectivity index (χ2v) is 5.56. The highest BCUT2D eigenvalue weighted by Gasteiger charge is 2.42. The highest BCUT2D eigenvalue weighted by Crippen LogP contribution is 2.34. The smallest absolute Gasteiger partial charge is 0.393 e. The van der Waals surface area contributed by atoms with Crippen LogP contribution in [0.5, 0.6) is 6.01 Å². The zero-order valence-electron chi connectivity index (χ0n) is 13.2. The Bertz CT molecular complexity index is 759. The summed E-state index contributed by atoms with van der Waals surface area (Å²) in [6.07, 6.45) is -1.47. The van der Waals surface area contributed by atoms with Gasteiger partial charge in [-0.1, -0.05) is 0 Å². The number of carbonyl (C=O) groups is 1. The summed E-state index contributed by atoms with van der Waals surface area (Å²) in [6.45, 7) is -0.273. The zero-order chi connectivity index (χ0) is 18.0. The molecule has 0 aromatic carbocycles. The molecular weight excluding hydrogens is 341 g/mol. The van der Waals surface area contributed by atoms with Crippen molar-refractivity contribution in [3.8, 4) is 6.01 Å². The first-order valence-electron chi connectivity index (χ1n) is 7.50. The summed E-state index contributed by atoms with van der Waals surface area (Å²) in [4.78, 5) is 19.7. The van der Waals surface area contributed by atoms with Crippen LogP contribution in [0.1, 0.15) is 28.4 Å². The standard InChI is InChI=1S/C14H15F3N6O2/c1-25-13-19-4-8(5-20-13)12(24)18-6-11-22-21-10-3-2-9(7-23(10)11)14(15,16)17/h4-5,9H,2-3,6-7H2,1H3,(H,18,24)/t9-/m0/s1. The van der Waals surface area contributed by atoms with Gasteiger partial charge in [0.25, 0.3) is 5.91 Å². The molecule has 8 nitrogen and oxygen atoms in total. The Morgan fingerprint density at radius 2 is 2.08 bits per heavy atom. The van der Waals surface area contributed by atoms with Crippen molar-refractivity contribution < 1.29 is 22.7 Å². The van der Waals surface area contributed by atoms with E-state index in [4.69, 9.17) is 4.74 Å². The molecule has 0 fully saturated rings. The van der Waals surface area contributed by atoms with Crippen molar-refractivity contribution in [3.63, 3.8) is 0 Å². The number of halogens is 3. The van der Waals surface area contributed by atoms with Gasteiger partial charge >= 0.3 is 12.2 Å². The number of aryl methyl sites for hydroxylation is 1. The van der Waals surface area contributed by atoms with Crippen LogP contribution in [-0.4, -0.2) is 43.9 Å². The van der Waals surface area contributed by atoms with Crippen LogP contribution in [0.2, 0.25) is 0 Å². The van der Waals surface area contributed by atoms with Gasteiger partial charge in [0.15, 0.2) is 5.82 Å². The molecule has 1 N–H and O–H groups in total. The summed E-state index contributed by atoms with van der Waals surface area (Å²) in [7, 11) is 1.40. The van der Waals surface area contributed by atoms with Gasteiger partial charge in [-0.05, 0) is 6.42 Å². The number of rotatable bonds is 4. The number of nitrogens with zero attached hydrogens (tertiary/aromatic N) is 5. The fraction of sp³-hybridized carbons (Fsp3) is 0.500. The minimum atomic E-state index is -4.26.